The lowest BCUT2D eigenvalue weighted by Crippen LogP contribution is -2.21. The van der Waals surface area contributed by atoms with Crippen LogP contribution in [-0.4, -0.2) is 33.8 Å². The van der Waals surface area contributed by atoms with Gasteiger partial charge in [0.1, 0.15) is 34.7 Å². The van der Waals surface area contributed by atoms with Gasteiger partial charge in [-0.3, -0.25) is 4.79 Å². The highest BCUT2D eigenvalue weighted by Crippen LogP contribution is 2.43. The van der Waals surface area contributed by atoms with E-state index in [4.69, 9.17) is 9.47 Å². The maximum absolute atomic E-state index is 12.8. The molecule has 0 saturated heterocycles. The van der Waals surface area contributed by atoms with Crippen molar-refractivity contribution in [3.63, 3.8) is 0 Å². The average Bonchev–Trinajstić information content (AvgIpc) is 2.68. The van der Waals surface area contributed by atoms with Crippen LogP contribution in [0.1, 0.15) is 67.3 Å². The SMILES string of the molecule is COc1c(C=CC(C)(C)O)cc([C@@H]2CC(=O)c3c(O)cc(O)cc3O2)cc1CC=C(C)C. The Bertz CT molecular complexity index is 1080. The molecule has 6 heteroatoms. The summed E-state index contributed by atoms with van der Waals surface area (Å²) in [7, 11) is 1.60. The van der Waals surface area contributed by atoms with Crippen LogP contribution < -0.4 is 9.47 Å². The van der Waals surface area contributed by atoms with Gasteiger partial charge in [-0.25, -0.2) is 0 Å². The van der Waals surface area contributed by atoms with Gasteiger partial charge in [0.25, 0.3) is 0 Å². The van der Waals surface area contributed by atoms with Gasteiger partial charge in [0.2, 0.25) is 0 Å². The van der Waals surface area contributed by atoms with E-state index in [2.05, 4.69) is 6.08 Å². The number of rotatable bonds is 6. The minimum absolute atomic E-state index is 0.0500. The summed E-state index contributed by atoms with van der Waals surface area (Å²) in [6, 6.07) is 6.29. The number of ether oxygens (including phenoxy) is 2. The van der Waals surface area contributed by atoms with Crippen molar-refractivity contribution in [2.75, 3.05) is 7.11 Å². The molecule has 1 aliphatic heterocycles. The Morgan fingerprint density at radius 1 is 1.22 bits per heavy atom. The van der Waals surface area contributed by atoms with Crippen molar-refractivity contribution in [3.8, 4) is 23.0 Å². The lowest BCUT2D eigenvalue weighted by atomic mass is 9.91. The number of fused-ring (bicyclic) bond motifs is 1. The number of methoxy groups -OCH3 is 1. The van der Waals surface area contributed by atoms with Crippen LogP contribution in [0.4, 0.5) is 0 Å². The van der Waals surface area contributed by atoms with Crippen LogP contribution in [-0.2, 0) is 6.42 Å². The third kappa shape index (κ3) is 5.32. The molecular weight excluding hydrogens is 408 g/mol. The third-order valence-corrected chi connectivity index (χ3v) is 5.18. The zero-order valence-electron chi connectivity index (χ0n) is 19.1. The Morgan fingerprint density at radius 2 is 1.94 bits per heavy atom. The summed E-state index contributed by atoms with van der Waals surface area (Å²) in [4.78, 5) is 12.8. The summed E-state index contributed by atoms with van der Waals surface area (Å²) in [5, 5.41) is 30.1. The topological polar surface area (TPSA) is 96.2 Å². The molecule has 0 radical (unpaired) electrons. The second kappa shape index (κ2) is 9.09. The summed E-state index contributed by atoms with van der Waals surface area (Å²) >= 11 is 0. The minimum Gasteiger partial charge on any atom is -0.508 e. The highest BCUT2D eigenvalue weighted by atomic mass is 16.5. The highest BCUT2D eigenvalue weighted by molar-refractivity contribution is 6.02. The maximum Gasteiger partial charge on any atom is 0.174 e. The largest absolute Gasteiger partial charge is 0.508 e. The van der Waals surface area contributed by atoms with E-state index < -0.39 is 11.7 Å². The van der Waals surface area contributed by atoms with Crippen molar-refractivity contribution < 1.29 is 29.6 Å². The number of allylic oxidation sites excluding steroid dienone is 2. The normalized spacial score (nSPS) is 15.9. The number of benzene rings is 2. The number of hydrogen-bond acceptors (Lipinski definition) is 6. The smallest absolute Gasteiger partial charge is 0.174 e. The van der Waals surface area contributed by atoms with Crippen LogP contribution in [0, 0.1) is 0 Å². The Kier molecular flexibility index (Phi) is 6.65. The van der Waals surface area contributed by atoms with Crippen LogP contribution in [0.2, 0.25) is 0 Å². The van der Waals surface area contributed by atoms with E-state index in [9.17, 15) is 20.1 Å². The molecule has 1 heterocycles. The average molecular weight is 439 g/mol. The van der Waals surface area contributed by atoms with Crippen LogP contribution in [0.3, 0.4) is 0 Å². The van der Waals surface area contributed by atoms with E-state index in [-0.39, 0.29) is 35.0 Å². The summed E-state index contributed by atoms with van der Waals surface area (Å²) in [6.07, 6.45) is 5.64. The van der Waals surface area contributed by atoms with E-state index in [1.54, 1.807) is 33.1 Å². The van der Waals surface area contributed by atoms with E-state index in [1.165, 1.54) is 6.07 Å². The number of ketones is 1. The number of aromatic hydroxyl groups is 2. The molecule has 0 aliphatic carbocycles. The molecule has 6 nitrogen and oxygen atoms in total. The third-order valence-electron chi connectivity index (χ3n) is 5.18. The van der Waals surface area contributed by atoms with Crippen molar-refractivity contribution in [1.82, 2.24) is 0 Å². The van der Waals surface area contributed by atoms with E-state index in [0.29, 0.717) is 12.2 Å². The Balaban J connectivity index is 2.11. The molecule has 3 N–H and O–H groups in total. The van der Waals surface area contributed by atoms with E-state index >= 15 is 0 Å². The molecule has 170 valence electrons. The Morgan fingerprint density at radius 3 is 2.56 bits per heavy atom. The number of phenolic OH excluding ortho intramolecular Hbond substituents is 2. The number of carbonyl (C=O) groups excluding carboxylic acids is 1. The molecule has 2 aromatic carbocycles. The molecule has 0 saturated carbocycles. The maximum atomic E-state index is 12.8. The molecule has 2 aromatic rings. The quantitative estimate of drug-likeness (QED) is 0.543. The first-order valence-electron chi connectivity index (χ1n) is 10.5. The zero-order valence-corrected chi connectivity index (χ0v) is 19.1. The highest BCUT2D eigenvalue weighted by Gasteiger charge is 2.31. The number of Topliss-reactive ketones (excluding diaryl/α,β-unsaturated/α-hetero) is 1. The van der Waals surface area contributed by atoms with Crippen molar-refractivity contribution in [2.24, 2.45) is 0 Å². The van der Waals surface area contributed by atoms with Crippen molar-refractivity contribution in [1.29, 1.82) is 0 Å². The predicted octanol–water partition coefficient (Wildman–Crippen LogP) is 5.11. The molecule has 0 bridgehead atoms. The van der Waals surface area contributed by atoms with Crippen LogP contribution in [0.25, 0.3) is 6.08 Å². The first kappa shape index (κ1) is 23.4. The van der Waals surface area contributed by atoms with Crippen molar-refractivity contribution in [2.45, 2.75) is 52.2 Å². The summed E-state index contributed by atoms with van der Waals surface area (Å²) < 4.78 is 11.7. The van der Waals surface area contributed by atoms with Crippen LogP contribution in [0.15, 0.2) is 42.0 Å². The van der Waals surface area contributed by atoms with E-state index in [0.717, 1.165) is 28.3 Å². The molecule has 1 atom stereocenters. The first-order valence-corrected chi connectivity index (χ1v) is 10.5. The van der Waals surface area contributed by atoms with Crippen LogP contribution >= 0.6 is 0 Å². The van der Waals surface area contributed by atoms with Gasteiger partial charge in [-0.05, 0) is 57.4 Å². The first-order chi connectivity index (χ1) is 15.0. The number of phenols is 2. The van der Waals surface area contributed by atoms with Gasteiger partial charge < -0.3 is 24.8 Å². The van der Waals surface area contributed by atoms with E-state index in [1.807, 2.05) is 26.0 Å². The Labute approximate surface area is 188 Å². The molecule has 0 fully saturated rings. The monoisotopic (exact) mass is 438 g/mol. The summed E-state index contributed by atoms with van der Waals surface area (Å²) in [5.74, 6) is 0.103. The molecule has 0 unspecified atom stereocenters. The predicted molar refractivity (Wildman–Crippen MR) is 124 cm³/mol. The van der Waals surface area contributed by atoms with Gasteiger partial charge in [0.05, 0.1) is 19.1 Å². The van der Waals surface area contributed by atoms with Gasteiger partial charge in [-0.2, -0.15) is 0 Å². The molecule has 0 aromatic heterocycles. The van der Waals surface area contributed by atoms with Crippen LogP contribution in [0.5, 0.6) is 23.0 Å². The van der Waals surface area contributed by atoms with Gasteiger partial charge in [0, 0.05) is 17.7 Å². The fraction of sp³-hybridized carbons (Fsp3) is 0.346. The molecule has 32 heavy (non-hydrogen) atoms. The number of carbonyl (C=O) groups is 1. The standard InChI is InChI=1S/C26H30O6/c1-15(2)6-7-16-10-18(11-17(25(16)31-5)8-9-26(3,4)30)22-14-21(29)24-20(28)12-19(27)13-23(24)32-22/h6,8-13,22,27-28,30H,7,14H2,1-5H3/t22-/m0/s1. The number of hydrogen-bond donors (Lipinski definition) is 3. The molecule has 1 aliphatic rings. The molecule has 0 amide bonds. The van der Waals surface area contributed by atoms with Gasteiger partial charge in [-0.1, -0.05) is 23.8 Å². The zero-order chi connectivity index (χ0) is 23.6. The minimum atomic E-state index is -1.01. The van der Waals surface area contributed by atoms with Crippen molar-refractivity contribution in [3.05, 3.63) is 64.2 Å². The van der Waals surface area contributed by atoms with Crippen molar-refractivity contribution >= 4 is 11.9 Å². The molecular formula is C26H30O6. The second-order valence-corrected chi connectivity index (χ2v) is 8.85. The van der Waals surface area contributed by atoms with Gasteiger partial charge in [-0.15, -0.1) is 0 Å². The fourth-order valence-electron chi connectivity index (χ4n) is 3.67. The fourth-order valence-corrected chi connectivity index (χ4v) is 3.67. The Hall–Kier alpha value is -3.25. The summed E-state index contributed by atoms with van der Waals surface area (Å²) in [6.45, 7) is 7.40. The number of aliphatic hydroxyl groups is 1. The lowest BCUT2D eigenvalue weighted by Gasteiger charge is -2.27. The van der Waals surface area contributed by atoms with Gasteiger partial charge in [0.15, 0.2) is 5.78 Å². The summed E-state index contributed by atoms with van der Waals surface area (Å²) in [5.41, 5.74) is 2.67. The second-order valence-electron chi connectivity index (χ2n) is 8.85. The molecule has 3 rings (SSSR count). The van der Waals surface area contributed by atoms with Gasteiger partial charge >= 0.3 is 0 Å². The molecule has 0 spiro atoms. The lowest BCUT2D eigenvalue weighted by molar-refractivity contribution is 0.0844.